The lowest BCUT2D eigenvalue weighted by Crippen LogP contribution is -2.33. The van der Waals surface area contributed by atoms with Crippen LogP contribution in [0.4, 0.5) is 13.2 Å². The third kappa shape index (κ3) is 3.67. The summed E-state index contributed by atoms with van der Waals surface area (Å²) in [6.45, 7) is 1.98. The van der Waals surface area contributed by atoms with Crippen LogP contribution in [-0.2, 0) is 4.79 Å². The van der Waals surface area contributed by atoms with E-state index >= 15 is 0 Å². The summed E-state index contributed by atoms with van der Waals surface area (Å²) in [6, 6.07) is 3.45. The van der Waals surface area contributed by atoms with Gasteiger partial charge in [0, 0.05) is 17.2 Å². The Morgan fingerprint density at radius 1 is 1.50 bits per heavy atom. The summed E-state index contributed by atoms with van der Waals surface area (Å²) in [4.78, 5) is 14.6. The number of rotatable bonds is 5. The van der Waals surface area contributed by atoms with E-state index in [4.69, 9.17) is 0 Å². The van der Waals surface area contributed by atoms with Crippen LogP contribution >= 0.6 is 23.1 Å². The number of nitrogens with zero attached hydrogens (tertiary/aromatic N) is 1. The zero-order valence-electron chi connectivity index (χ0n) is 10.8. The average molecular weight is 324 g/mol. The molecular weight excluding hydrogens is 309 g/mol. The minimum Gasteiger partial charge on any atom is -0.320 e. The van der Waals surface area contributed by atoms with E-state index in [2.05, 4.69) is 5.32 Å². The van der Waals surface area contributed by atoms with Gasteiger partial charge < -0.3 is 4.90 Å². The van der Waals surface area contributed by atoms with Crippen molar-refractivity contribution in [3.05, 3.63) is 22.4 Å². The van der Waals surface area contributed by atoms with Crippen molar-refractivity contribution < 1.29 is 18.0 Å². The maximum Gasteiger partial charge on any atom is 0.441 e. The Labute approximate surface area is 123 Å². The van der Waals surface area contributed by atoms with Gasteiger partial charge in [0.2, 0.25) is 5.91 Å². The molecule has 1 aromatic heterocycles. The molecule has 0 spiro atoms. The number of thioether (sulfide) groups is 1. The summed E-state index contributed by atoms with van der Waals surface area (Å²) < 4.78 is 36.6. The standard InChI is InChI=1S/C12H15F3N2OS2/c1-2-8-11(18)17(5-7-20-12(13,14)15)10(16-8)9-4-3-6-19-9/h3-4,6,8,10,16H,2,5,7H2,1H3. The highest BCUT2D eigenvalue weighted by Crippen LogP contribution is 2.33. The van der Waals surface area contributed by atoms with Gasteiger partial charge in [-0.05, 0) is 29.6 Å². The van der Waals surface area contributed by atoms with Crippen LogP contribution in [0.5, 0.6) is 0 Å². The third-order valence-corrected chi connectivity index (χ3v) is 4.71. The molecule has 0 saturated carbocycles. The fraction of sp³-hybridized carbons (Fsp3) is 0.583. The van der Waals surface area contributed by atoms with Gasteiger partial charge in [-0.1, -0.05) is 13.0 Å². The first-order valence-corrected chi connectivity index (χ1v) is 8.09. The van der Waals surface area contributed by atoms with Crippen molar-refractivity contribution in [2.45, 2.75) is 31.1 Å². The summed E-state index contributed by atoms with van der Waals surface area (Å²) in [5, 5.41) is 5.08. The molecular formula is C12H15F3N2OS2. The molecule has 2 atom stereocenters. The van der Waals surface area contributed by atoms with Gasteiger partial charge in [-0.25, -0.2) is 0 Å². The Balaban J connectivity index is 2.04. The molecule has 20 heavy (non-hydrogen) atoms. The Morgan fingerprint density at radius 3 is 2.80 bits per heavy atom. The summed E-state index contributed by atoms with van der Waals surface area (Å²) in [5.41, 5.74) is -4.25. The van der Waals surface area contributed by atoms with Crippen LogP contribution in [0.2, 0.25) is 0 Å². The molecule has 1 N–H and O–H groups in total. The average Bonchev–Trinajstić information content (AvgIpc) is 2.97. The highest BCUT2D eigenvalue weighted by Gasteiger charge is 2.39. The van der Waals surface area contributed by atoms with E-state index in [0.29, 0.717) is 6.42 Å². The van der Waals surface area contributed by atoms with Gasteiger partial charge in [0.1, 0.15) is 6.17 Å². The summed E-state index contributed by atoms with van der Waals surface area (Å²) >= 11 is 1.40. The van der Waals surface area contributed by atoms with Gasteiger partial charge in [0.05, 0.1) is 6.04 Å². The number of nitrogens with one attached hydrogen (secondary N) is 1. The first-order chi connectivity index (χ1) is 9.42. The van der Waals surface area contributed by atoms with Crippen molar-refractivity contribution >= 4 is 29.0 Å². The fourth-order valence-corrected chi connectivity index (χ4v) is 3.47. The van der Waals surface area contributed by atoms with Crippen molar-refractivity contribution in [1.82, 2.24) is 10.2 Å². The lowest BCUT2D eigenvalue weighted by atomic mass is 10.2. The number of alkyl halides is 3. The van der Waals surface area contributed by atoms with Crippen LogP contribution < -0.4 is 5.32 Å². The van der Waals surface area contributed by atoms with E-state index in [1.807, 2.05) is 24.4 Å². The molecule has 0 aliphatic carbocycles. The van der Waals surface area contributed by atoms with Crippen molar-refractivity contribution in [1.29, 1.82) is 0 Å². The lowest BCUT2D eigenvalue weighted by molar-refractivity contribution is -0.129. The van der Waals surface area contributed by atoms with Crippen LogP contribution in [0.15, 0.2) is 17.5 Å². The van der Waals surface area contributed by atoms with Crippen molar-refractivity contribution in [3.63, 3.8) is 0 Å². The first-order valence-electron chi connectivity index (χ1n) is 6.23. The molecule has 112 valence electrons. The number of hydrogen-bond acceptors (Lipinski definition) is 4. The third-order valence-electron chi connectivity index (χ3n) is 3.07. The Bertz CT molecular complexity index is 450. The van der Waals surface area contributed by atoms with Crippen molar-refractivity contribution in [2.75, 3.05) is 12.3 Å². The molecule has 1 fully saturated rings. The molecule has 8 heteroatoms. The van der Waals surface area contributed by atoms with Gasteiger partial charge in [0.15, 0.2) is 0 Å². The molecule has 2 heterocycles. The van der Waals surface area contributed by atoms with E-state index < -0.39 is 5.51 Å². The van der Waals surface area contributed by atoms with E-state index in [-0.39, 0.29) is 42.2 Å². The molecule has 0 radical (unpaired) electrons. The lowest BCUT2D eigenvalue weighted by Gasteiger charge is -2.23. The fourth-order valence-electron chi connectivity index (χ4n) is 2.15. The van der Waals surface area contributed by atoms with E-state index in [0.717, 1.165) is 4.88 Å². The molecule has 3 nitrogen and oxygen atoms in total. The number of amides is 1. The van der Waals surface area contributed by atoms with Crippen LogP contribution in [0.3, 0.4) is 0 Å². The molecule has 1 saturated heterocycles. The van der Waals surface area contributed by atoms with Crippen LogP contribution in [-0.4, -0.2) is 34.7 Å². The van der Waals surface area contributed by atoms with Gasteiger partial charge in [-0.2, -0.15) is 13.2 Å². The van der Waals surface area contributed by atoms with E-state index in [1.54, 1.807) is 0 Å². The SMILES string of the molecule is CCC1NC(c2cccs2)N(CCSC(F)(F)F)C1=O. The number of thiophene rings is 1. The van der Waals surface area contributed by atoms with Gasteiger partial charge in [-0.15, -0.1) is 11.3 Å². The molecule has 2 unspecified atom stereocenters. The first kappa shape index (κ1) is 15.7. The largest absolute Gasteiger partial charge is 0.441 e. The quantitative estimate of drug-likeness (QED) is 0.903. The van der Waals surface area contributed by atoms with Crippen molar-refractivity contribution in [3.8, 4) is 0 Å². The molecule has 1 amide bonds. The van der Waals surface area contributed by atoms with Crippen LogP contribution in [0.25, 0.3) is 0 Å². The highest BCUT2D eigenvalue weighted by molar-refractivity contribution is 8.00. The second kappa shape index (κ2) is 6.36. The van der Waals surface area contributed by atoms with Crippen molar-refractivity contribution in [2.24, 2.45) is 0 Å². The second-order valence-electron chi connectivity index (χ2n) is 4.37. The number of halogens is 3. The number of hydrogen-bond donors (Lipinski definition) is 1. The maximum absolute atomic E-state index is 12.2. The summed E-state index contributed by atoms with van der Waals surface area (Å²) in [5.74, 6) is -0.261. The molecule has 1 aliphatic rings. The maximum atomic E-state index is 12.2. The molecule has 0 aromatic carbocycles. The number of carbonyl (C=O) groups excluding carboxylic acids is 1. The summed E-state index contributed by atoms with van der Waals surface area (Å²) in [7, 11) is 0. The van der Waals surface area contributed by atoms with E-state index in [1.165, 1.54) is 16.2 Å². The second-order valence-corrected chi connectivity index (χ2v) is 6.51. The highest BCUT2D eigenvalue weighted by atomic mass is 32.2. The Morgan fingerprint density at radius 2 is 2.25 bits per heavy atom. The normalized spacial score (nSPS) is 23.6. The van der Waals surface area contributed by atoms with Crippen LogP contribution in [0, 0.1) is 0 Å². The number of carbonyl (C=O) groups is 1. The summed E-state index contributed by atoms with van der Waals surface area (Å²) in [6.07, 6.45) is 0.324. The minimum atomic E-state index is -4.25. The predicted octanol–water partition coefficient (Wildman–Crippen LogP) is 3.21. The zero-order valence-corrected chi connectivity index (χ0v) is 12.4. The Hall–Kier alpha value is -0.730. The van der Waals surface area contributed by atoms with Gasteiger partial charge in [0.25, 0.3) is 0 Å². The monoisotopic (exact) mass is 324 g/mol. The van der Waals surface area contributed by atoms with Gasteiger partial charge in [-0.3, -0.25) is 10.1 Å². The molecule has 1 aliphatic heterocycles. The van der Waals surface area contributed by atoms with Gasteiger partial charge >= 0.3 is 5.51 Å². The topological polar surface area (TPSA) is 32.3 Å². The molecule has 1 aromatic rings. The molecule has 0 bridgehead atoms. The predicted molar refractivity (Wildman–Crippen MR) is 74.5 cm³/mol. The Kier molecular flexibility index (Phi) is 4.98. The zero-order chi connectivity index (χ0) is 14.8. The molecule has 2 rings (SSSR count). The smallest absolute Gasteiger partial charge is 0.320 e. The van der Waals surface area contributed by atoms with E-state index in [9.17, 15) is 18.0 Å². The minimum absolute atomic E-state index is 0.0877. The van der Waals surface area contributed by atoms with Crippen LogP contribution in [0.1, 0.15) is 24.4 Å².